The molecule has 4 nitrogen and oxygen atoms in total. The number of nitrogens with zero attached hydrogens (tertiary/aromatic N) is 3. The summed E-state index contributed by atoms with van der Waals surface area (Å²) in [6.07, 6.45) is 13.4. The Morgan fingerprint density at radius 1 is 0.450 bits per heavy atom. The van der Waals surface area contributed by atoms with Crippen molar-refractivity contribution in [1.29, 1.82) is 0 Å². The van der Waals surface area contributed by atoms with E-state index in [1.165, 1.54) is 0 Å². The Bertz CT molecular complexity index is 1350. The first-order valence-corrected chi connectivity index (χ1v) is 13.8. The van der Waals surface area contributed by atoms with Crippen molar-refractivity contribution in [3.05, 3.63) is 139 Å². The zero-order valence-corrected chi connectivity index (χ0v) is 25.1. The van der Waals surface area contributed by atoms with Crippen LogP contribution in [-0.2, 0) is 24.3 Å². The molecule has 6 bridgehead atoms. The van der Waals surface area contributed by atoms with Crippen LogP contribution >= 0.6 is 35.3 Å². The molecule has 4 heterocycles. The van der Waals surface area contributed by atoms with Gasteiger partial charge in [-0.05, 0) is 36.4 Å². The van der Waals surface area contributed by atoms with Gasteiger partial charge in [0.2, 0.25) is 0 Å². The molecule has 0 atom stereocenters. The fourth-order valence-corrected chi connectivity index (χ4v) is 5.45. The third-order valence-corrected chi connectivity index (χ3v) is 7.18. The van der Waals surface area contributed by atoms with Gasteiger partial charge in [0, 0.05) is 0 Å². The zero-order valence-electron chi connectivity index (χ0n) is 20.9. The van der Waals surface area contributed by atoms with Gasteiger partial charge >= 0.3 is 19.5 Å². The SMILES string of the molecule is [C-]#Cc1ccccc1.[C-]#Cc1ccccc1.[CH-]=O.[Ru+3].c1cc2nc(c1)Sc1cccc(n1)Sc1cccc(n1)S2. The van der Waals surface area contributed by atoms with E-state index >= 15 is 0 Å². The quantitative estimate of drug-likeness (QED) is 0.0720. The van der Waals surface area contributed by atoms with E-state index in [0.717, 1.165) is 41.3 Å². The Morgan fingerprint density at radius 3 is 0.900 bits per heavy atom. The smallest absolute Gasteiger partial charge is 0.545 e. The maximum atomic E-state index is 7.75. The van der Waals surface area contributed by atoms with Gasteiger partial charge < -0.3 is 17.6 Å². The first-order chi connectivity index (χ1) is 19.2. The molecule has 0 N–H and O–H groups in total. The predicted molar refractivity (Wildman–Crippen MR) is 157 cm³/mol. The van der Waals surface area contributed by atoms with Gasteiger partial charge in [-0.1, -0.05) is 89.9 Å². The Hall–Kier alpha value is -3.65. The summed E-state index contributed by atoms with van der Waals surface area (Å²) in [7, 11) is 0. The summed E-state index contributed by atoms with van der Waals surface area (Å²) in [5, 5.41) is 5.70. The monoisotopic (exact) mass is 660 g/mol. The number of carbonyl (C=O) groups excluding carboxylic acids is 1. The van der Waals surface area contributed by atoms with Crippen molar-refractivity contribution in [3.63, 3.8) is 0 Å². The second-order valence-electron chi connectivity index (χ2n) is 7.23. The van der Waals surface area contributed by atoms with E-state index in [1.807, 2.05) is 115 Å². The van der Waals surface area contributed by atoms with Crippen molar-refractivity contribution < 1.29 is 24.3 Å². The summed E-state index contributed by atoms with van der Waals surface area (Å²) in [4.78, 5) is 21.7. The van der Waals surface area contributed by atoms with Crippen molar-refractivity contribution in [2.45, 2.75) is 30.2 Å². The van der Waals surface area contributed by atoms with Crippen LogP contribution in [0.5, 0.6) is 0 Å². The zero-order chi connectivity index (χ0) is 27.7. The largest absolute Gasteiger partial charge is 3.00 e. The third-order valence-electron chi connectivity index (χ3n) is 4.56. The van der Waals surface area contributed by atoms with Crippen molar-refractivity contribution in [3.8, 4) is 11.8 Å². The van der Waals surface area contributed by atoms with Crippen LogP contribution in [0.15, 0.2) is 145 Å². The molecule has 5 aromatic rings. The Kier molecular flexibility index (Phi) is 15.1. The van der Waals surface area contributed by atoms with Gasteiger partial charge in [0.1, 0.15) is 30.2 Å². The standard InChI is InChI=1S/C15H9N3S3.2C8H5.CHO.Ru/c1-4-10-16-11(5-1)20-13-7-3-9-15(18-13)21-14-8-2-6-12(17-14)19-10;2*1-2-8-6-4-3-5-7-8;1-2;/h1-9H;2*3-7H;1H;/q;3*-1;+3. The van der Waals surface area contributed by atoms with E-state index in [0.29, 0.717) is 0 Å². The van der Waals surface area contributed by atoms with Crippen molar-refractivity contribution in [1.82, 2.24) is 15.0 Å². The minimum Gasteiger partial charge on any atom is -0.545 e. The van der Waals surface area contributed by atoms with E-state index in [1.54, 1.807) is 35.3 Å². The fraction of sp³-hybridized carbons (Fsp3) is 0. The normalized spacial score (nSPS) is 10.2. The van der Waals surface area contributed by atoms with E-state index < -0.39 is 0 Å². The molecule has 0 saturated carbocycles. The van der Waals surface area contributed by atoms with Crippen molar-refractivity contribution in [2.75, 3.05) is 0 Å². The van der Waals surface area contributed by atoms with Gasteiger partial charge in [0.05, 0.1) is 0 Å². The molecule has 1 aliphatic heterocycles. The number of hydrogen-bond acceptors (Lipinski definition) is 7. The fourth-order valence-electron chi connectivity index (χ4n) is 2.89. The number of hydrogen-bond donors (Lipinski definition) is 0. The molecule has 0 unspecified atom stereocenters. The molecule has 0 aliphatic carbocycles. The Labute approximate surface area is 261 Å². The summed E-state index contributed by atoms with van der Waals surface area (Å²) < 4.78 is 0. The summed E-state index contributed by atoms with van der Waals surface area (Å²) in [6, 6.07) is 36.8. The summed E-state index contributed by atoms with van der Waals surface area (Å²) >= 11 is 4.75. The van der Waals surface area contributed by atoms with Gasteiger partial charge in [-0.3, -0.25) is 18.6 Å². The molecule has 195 valence electrons. The van der Waals surface area contributed by atoms with Gasteiger partial charge in [0.25, 0.3) is 0 Å². The second-order valence-corrected chi connectivity index (χ2v) is 10.4. The molecular weight excluding hydrogens is 640 g/mol. The van der Waals surface area contributed by atoms with E-state index in [4.69, 9.17) is 17.6 Å². The molecule has 0 spiro atoms. The Balaban J connectivity index is 0.000000245. The molecule has 6 rings (SSSR count). The minimum atomic E-state index is 0. The molecule has 2 aromatic carbocycles. The van der Waals surface area contributed by atoms with Gasteiger partial charge in [-0.15, -0.1) is 35.4 Å². The van der Waals surface area contributed by atoms with Gasteiger partial charge in [0.15, 0.2) is 0 Å². The number of pyridine rings is 3. The van der Waals surface area contributed by atoms with Gasteiger partial charge in [-0.2, -0.15) is 0 Å². The average molecular weight is 660 g/mol. The average Bonchev–Trinajstić information content (AvgIpc) is 3.00. The molecule has 3 aromatic heterocycles. The minimum absolute atomic E-state index is 0. The molecular formula is C32H20N3ORuS3. The van der Waals surface area contributed by atoms with Crippen LogP contribution in [0.4, 0.5) is 0 Å². The number of benzene rings is 2. The number of aromatic nitrogens is 3. The van der Waals surface area contributed by atoms with Gasteiger partial charge in [-0.25, -0.2) is 15.0 Å². The summed E-state index contributed by atoms with van der Waals surface area (Å²) in [5.41, 5.74) is 1.65. The molecule has 0 saturated heterocycles. The molecule has 1 aliphatic rings. The van der Waals surface area contributed by atoms with Crippen LogP contribution in [0.25, 0.3) is 0 Å². The van der Waals surface area contributed by atoms with E-state index in [2.05, 4.69) is 33.6 Å². The van der Waals surface area contributed by atoms with Crippen LogP contribution in [-0.4, -0.2) is 21.7 Å². The van der Waals surface area contributed by atoms with Crippen LogP contribution < -0.4 is 0 Å². The molecule has 8 heteroatoms. The van der Waals surface area contributed by atoms with E-state index in [9.17, 15) is 0 Å². The Morgan fingerprint density at radius 2 is 0.700 bits per heavy atom. The number of rotatable bonds is 0. The molecule has 1 radical (unpaired) electrons. The number of fused-ring (bicyclic) bond motifs is 6. The maximum Gasteiger partial charge on any atom is 3.00 e. The van der Waals surface area contributed by atoms with E-state index in [-0.39, 0.29) is 19.5 Å². The van der Waals surface area contributed by atoms with Crippen LogP contribution in [0.1, 0.15) is 11.1 Å². The third kappa shape index (κ3) is 11.2. The summed E-state index contributed by atoms with van der Waals surface area (Å²) in [6.45, 7) is 3.25. The summed E-state index contributed by atoms with van der Waals surface area (Å²) in [5.74, 6) is 4.55. The first-order valence-electron chi connectivity index (χ1n) is 11.4. The van der Waals surface area contributed by atoms with Crippen molar-refractivity contribution >= 4 is 42.1 Å². The van der Waals surface area contributed by atoms with Crippen LogP contribution in [0.2, 0.25) is 0 Å². The molecule has 0 fully saturated rings. The molecule has 40 heavy (non-hydrogen) atoms. The second kappa shape index (κ2) is 18.6. The maximum absolute atomic E-state index is 7.75. The first kappa shape index (κ1) is 32.6. The molecule has 0 amide bonds. The topological polar surface area (TPSA) is 55.7 Å². The van der Waals surface area contributed by atoms with Crippen LogP contribution in [0, 0.1) is 24.7 Å². The van der Waals surface area contributed by atoms with Crippen molar-refractivity contribution in [2.24, 2.45) is 0 Å². The van der Waals surface area contributed by atoms with Crippen LogP contribution in [0.3, 0.4) is 0 Å². The predicted octanol–water partition coefficient (Wildman–Crippen LogP) is 7.61.